The van der Waals surface area contributed by atoms with E-state index in [9.17, 15) is 4.79 Å². The van der Waals surface area contributed by atoms with Crippen LogP contribution in [0.2, 0.25) is 0 Å². The summed E-state index contributed by atoms with van der Waals surface area (Å²) in [7, 11) is 0. The van der Waals surface area contributed by atoms with Gasteiger partial charge in [-0.3, -0.25) is 4.79 Å². The van der Waals surface area contributed by atoms with Crippen molar-refractivity contribution in [1.82, 2.24) is 5.32 Å². The van der Waals surface area contributed by atoms with Crippen molar-refractivity contribution in [3.8, 4) is 0 Å². The quantitative estimate of drug-likeness (QED) is 0.628. The average molecular weight is 405 g/mol. The molecule has 3 aliphatic rings. The second-order valence-electron chi connectivity index (χ2n) is 9.08. The first-order valence-corrected chi connectivity index (χ1v) is 11.6. The summed E-state index contributed by atoms with van der Waals surface area (Å²) in [6, 6.07) is 17.5. The number of fused-ring (bicyclic) bond motifs is 7. The lowest BCUT2D eigenvalue weighted by Crippen LogP contribution is -2.35. The largest absolute Gasteiger partial charge is 0.382 e. The van der Waals surface area contributed by atoms with Crippen molar-refractivity contribution in [3.05, 3.63) is 65.2 Å². The minimum atomic E-state index is 0.0270. The Morgan fingerprint density at radius 2 is 1.97 bits per heavy atom. The van der Waals surface area contributed by atoms with Gasteiger partial charge in [-0.25, -0.2) is 0 Å². The van der Waals surface area contributed by atoms with Gasteiger partial charge in [0.1, 0.15) is 0 Å². The summed E-state index contributed by atoms with van der Waals surface area (Å²) >= 11 is 0. The molecular weight excluding hydrogens is 372 g/mol. The van der Waals surface area contributed by atoms with Crippen molar-refractivity contribution >= 4 is 11.6 Å². The molecule has 0 unspecified atom stereocenters. The van der Waals surface area contributed by atoms with Gasteiger partial charge in [-0.05, 0) is 85.6 Å². The molecule has 0 spiro atoms. The first-order chi connectivity index (χ1) is 14.8. The van der Waals surface area contributed by atoms with Crippen LogP contribution in [0.4, 0.5) is 5.69 Å². The third kappa shape index (κ3) is 3.51. The minimum absolute atomic E-state index is 0.0270. The second-order valence-corrected chi connectivity index (χ2v) is 9.08. The average Bonchev–Trinajstić information content (AvgIpc) is 3.41. The van der Waals surface area contributed by atoms with Gasteiger partial charge >= 0.3 is 0 Å². The Morgan fingerprint density at radius 1 is 1.13 bits per heavy atom. The van der Waals surface area contributed by atoms with Crippen molar-refractivity contribution in [2.75, 3.05) is 25.1 Å². The fourth-order valence-corrected chi connectivity index (χ4v) is 6.24. The van der Waals surface area contributed by atoms with E-state index in [1.54, 1.807) is 0 Å². The highest BCUT2D eigenvalue weighted by atomic mass is 16.5. The molecule has 1 heterocycles. The summed E-state index contributed by atoms with van der Waals surface area (Å²) in [4.78, 5) is 12.7. The van der Waals surface area contributed by atoms with E-state index in [2.05, 4.69) is 53.1 Å². The van der Waals surface area contributed by atoms with Crippen LogP contribution in [-0.4, -0.2) is 25.7 Å². The van der Waals surface area contributed by atoms with Gasteiger partial charge in [-0.2, -0.15) is 0 Å². The molecule has 4 heteroatoms. The standard InChI is InChI=1S/C26H32N2O2/c1-2-30-14-6-13-27-26(29)20-11-12-22-21(16-20)23-18-9-10-19(15-18)24(23)25(28-22)17-7-4-3-5-8-17/h3-5,7-8,11-12,16,18-19,23-25,28H,2,6,9-10,13-15H2,1H3,(H,27,29)/t18-,19+,23-,24+,25+/m1/s1. The Hall–Kier alpha value is -2.33. The molecule has 5 atom stereocenters. The van der Waals surface area contributed by atoms with Crippen LogP contribution in [-0.2, 0) is 4.74 Å². The molecule has 4 nitrogen and oxygen atoms in total. The van der Waals surface area contributed by atoms with Gasteiger partial charge in [0.15, 0.2) is 0 Å². The SMILES string of the molecule is CCOCCCNC(=O)c1ccc2c(c1)[C@H]1[C@@H]3CC[C@@H](C3)[C@@H]1[C@H](c1ccccc1)N2. The molecular formula is C26H32N2O2. The molecule has 2 aromatic rings. The van der Waals surface area contributed by atoms with Gasteiger partial charge < -0.3 is 15.4 Å². The molecule has 0 saturated heterocycles. The summed E-state index contributed by atoms with van der Waals surface area (Å²) in [5.41, 5.74) is 4.75. The molecule has 1 amide bonds. The number of rotatable bonds is 7. The minimum Gasteiger partial charge on any atom is -0.382 e. The molecule has 5 rings (SSSR count). The van der Waals surface area contributed by atoms with E-state index in [0.717, 1.165) is 30.4 Å². The van der Waals surface area contributed by atoms with Crippen molar-refractivity contribution in [1.29, 1.82) is 0 Å². The molecule has 2 N–H and O–H groups in total. The van der Waals surface area contributed by atoms with Gasteiger partial charge in [0.2, 0.25) is 0 Å². The molecule has 2 fully saturated rings. The first-order valence-electron chi connectivity index (χ1n) is 11.6. The van der Waals surface area contributed by atoms with E-state index < -0.39 is 0 Å². The van der Waals surface area contributed by atoms with E-state index in [0.29, 0.717) is 31.0 Å². The summed E-state index contributed by atoms with van der Waals surface area (Å²) in [5, 5.41) is 6.91. The number of nitrogens with one attached hydrogen (secondary N) is 2. The van der Waals surface area contributed by atoms with Crippen LogP contribution in [0.25, 0.3) is 0 Å². The van der Waals surface area contributed by atoms with Crippen LogP contribution in [0.3, 0.4) is 0 Å². The number of anilines is 1. The van der Waals surface area contributed by atoms with E-state index in [4.69, 9.17) is 4.74 Å². The maximum atomic E-state index is 12.7. The molecule has 2 bridgehead atoms. The van der Waals surface area contributed by atoms with Gasteiger partial charge in [0.25, 0.3) is 5.91 Å². The Labute approximate surface area is 179 Å². The number of benzene rings is 2. The molecule has 2 aliphatic carbocycles. The molecule has 0 radical (unpaired) electrons. The zero-order chi connectivity index (χ0) is 20.5. The van der Waals surface area contributed by atoms with Gasteiger partial charge in [0, 0.05) is 31.0 Å². The maximum Gasteiger partial charge on any atom is 0.251 e. The molecule has 30 heavy (non-hydrogen) atoms. The first kappa shape index (κ1) is 19.6. The van der Waals surface area contributed by atoms with Crippen molar-refractivity contribution in [2.24, 2.45) is 17.8 Å². The fourth-order valence-electron chi connectivity index (χ4n) is 6.24. The van der Waals surface area contributed by atoms with E-state index in [1.165, 1.54) is 36.1 Å². The Morgan fingerprint density at radius 3 is 2.80 bits per heavy atom. The number of carbonyl (C=O) groups is 1. The second kappa shape index (κ2) is 8.43. The summed E-state index contributed by atoms with van der Waals surface area (Å²) in [5.74, 6) is 2.77. The highest BCUT2D eigenvalue weighted by Gasteiger charge is 2.53. The van der Waals surface area contributed by atoms with E-state index in [-0.39, 0.29) is 5.91 Å². The highest BCUT2D eigenvalue weighted by Crippen LogP contribution is 2.63. The summed E-state index contributed by atoms with van der Waals surface area (Å²) in [6.07, 6.45) is 4.87. The number of ether oxygens (including phenoxy) is 1. The smallest absolute Gasteiger partial charge is 0.251 e. The van der Waals surface area contributed by atoms with Crippen molar-refractivity contribution in [3.63, 3.8) is 0 Å². The Balaban J connectivity index is 1.39. The fraction of sp³-hybridized carbons (Fsp3) is 0.500. The van der Waals surface area contributed by atoms with Crippen LogP contribution in [0.5, 0.6) is 0 Å². The van der Waals surface area contributed by atoms with Crippen LogP contribution in [0.1, 0.15) is 66.1 Å². The van der Waals surface area contributed by atoms with Crippen LogP contribution >= 0.6 is 0 Å². The van der Waals surface area contributed by atoms with E-state index in [1.807, 2.05) is 13.0 Å². The van der Waals surface area contributed by atoms with Crippen LogP contribution < -0.4 is 10.6 Å². The van der Waals surface area contributed by atoms with Gasteiger partial charge in [-0.1, -0.05) is 30.3 Å². The van der Waals surface area contributed by atoms with Crippen LogP contribution in [0.15, 0.2) is 48.5 Å². The lowest BCUT2D eigenvalue weighted by molar-refractivity contribution is 0.0944. The third-order valence-electron chi connectivity index (χ3n) is 7.46. The summed E-state index contributed by atoms with van der Waals surface area (Å²) in [6.45, 7) is 4.06. The Bertz CT molecular complexity index is 897. The molecule has 1 aliphatic heterocycles. The van der Waals surface area contributed by atoms with E-state index >= 15 is 0 Å². The van der Waals surface area contributed by atoms with Crippen LogP contribution in [0, 0.1) is 17.8 Å². The molecule has 2 aromatic carbocycles. The zero-order valence-corrected chi connectivity index (χ0v) is 17.8. The number of hydrogen-bond donors (Lipinski definition) is 2. The molecule has 158 valence electrons. The van der Waals surface area contributed by atoms with Gasteiger partial charge in [-0.15, -0.1) is 0 Å². The predicted octanol–water partition coefficient (Wildman–Crippen LogP) is 5.14. The zero-order valence-electron chi connectivity index (χ0n) is 17.8. The van der Waals surface area contributed by atoms with Crippen molar-refractivity contribution < 1.29 is 9.53 Å². The third-order valence-corrected chi connectivity index (χ3v) is 7.46. The summed E-state index contributed by atoms with van der Waals surface area (Å²) < 4.78 is 5.36. The number of carbonyl (C=O) groups excluding carboxylic acids is 1. The Kier molecular flexibility index (Phi) is 5.51. The maximum absolute atomic E-state index is 12.7. The number of hydrogen-bond acceptors (Lipinski definition) is 3. The lowest BCUT2D eigenvalue weighted by Gasteiger charge is -2.43. The van der Waals surface area contributed by atoms with Gasteiger partial charge in [0.05, 0.1) is 6.04 Å². The molecule has 0 aromatic heterocycles. The monoisotopic (exact) mass is 404 g/mol. The lowest BCUT2D eigenvalue weighted by atomic mass is 9.68. The predicted molar refractivity (Wildman–Crippen MR) is 120 cm³/mol. The highest BCUT2D eigenvalue weighted by molar-refractivity contribution is 5.95. The van der Waals surface area contributed by atoms with Crippen molar-refractivity contribution in [2.45, 2.75) is 44.6 Å². The normalized spacial score (nSPS) is 28.5. The molecule has 2 saturated carbocycles. The number of amides is 1. The topological polar surface area (TPSA) is 50.4 Å².